The lowest BCUT2D eigenvalue weighted by Gasteiger charge is -2.26. The number of imide groups is 1. The summed E-state index contributed by atoms with van der Waals surface area (Å²) in [6.45, 7) is 3.62. The van der Waals surface area contributed by atoms with Crippen LogP contribution < -0.4 is 9.64 Å². The fraction of sp³-hybridized carbons (Fsp3) is 0.333. The number of amides is 2. The van der Waals surface area contributed by atoms with Crippen LogP contribution >= 0.6 is 0 Å². The summed E-state index contributed by atoms with van der Waals surface area (Å²) in [4.78, 5) is 30.4. The van der Waals surface area contributed by atoms with Gasteiger partial charge in [0.25, 0.3) is 11.8 Å². The number of anilines is 1. The van der Waals surface area contributed by atoms with E-state index in [4.69, 9.17) is 14.2 Å². The molecule has 31 heavy (non-hydrogen) atoms. The third kappa shape index (κ3) is 4.62. The van der Waals surface area contributed by atoms with Crippen molar-refractivity contribution in [1.82, 2.24) is 4.90 Å². The first-order valence-electron chi connectivity index (χ1n) is 10.1. The van der Waals surface area contributed by atoms with Crippen LogP contribution in [0.4, 0.5) is 5.69 Å². The van der Waals surface area contributed by atoms with Crippen LogP contribution in [0.2, 0.25) is 0 Å². The monoisotopic (exact) mass is 424 g/mol. The van der Waals surface area contributed by atoms with Crippen LogP contribution in [0.15, 0.2) is 54.2 Å². The highest BCUT2D eigenvalue weighted by molar-refractivity contribution is 6.45. The predicted octanol–water partition coefficient (Wildman–Crippen LogP) is 2.88. The molecule has 0 aromatic heterocycles. The van der Waals surface area contributed by atoms with E-state index < -0.39 is 0 Å². The van der Waals surface area contributed by atoms with Crippen LogP contribution in [0.1, 0.15) is 11.1 Å². The lowest BCUT2D eigenvalue weighted by atomic mass is 10.0. The molecule has 1 aliphatic rings. The minimum Gasteiger partial charge on any atom is -0.495 e. The Kier molecular flexibility index (Phi) is 7.44. The number of carbonyl (C=O) groups excluding carboxylic acids is 2. The predicted molar refractivity (Wildman–Crippen MR) is 119 cm³/mol. The number of rotatable bonds is 10. The van der Waals surface area contributed by atoms with E-state index >= 15 is 0 Å². The number of carbonyl (C=O) groups is 2. The molecule has 0 N–H and O–H groups in total. The summed E-state index contributed by atoms with van der Waals surface area (Å²) in [5, 5.41) is 0. The van der Waals surface area contributed by atoms with Crippen molar-refractivity contribution in [3.63, 3.8) is 0 Å². The highest BCUT2D eigenvalue weighted by Gasteiger charge is 2.43. The van der Waals surface area contributed by atoms with Gasteiger partial charge in [0, 0.05) is 27.3 Å². The van der Waals surface area contributed by atoms with Gasteiger partial charge in [0.15, 0.2) is 0 Å². The third-order valence-corrected chi connectivity index (χ3v) is 5.14. The number of hydrogen-bond acceptors (Lipinski definition) is 6. The van der Waals surface area contributed by atoms with Crippen LogP contribution in [0.5, 0.6) is 5.75 Å². The molecule has 164 valence electrons. The van der Waals surface area contributed by atoms with Crippen molar-refractivity contribution in [2.75, 3.05) is 52.5 Å². The number of nitrogens with zero attached hydrogens (tertiary/aromatic N) is 2. The summed E-state index contributed by atoms with van der Waals surface area (Å²) in [5.74, 6) is -0.309. The van der Waals surface area contributed by atoms with Gasteiger partial charge in [0.05, 0.1) is 31.6 Å². The summed E-state index contributed by atoms with van der Waals surface area (Å²) in [5.41, 5.74) is 2.74. The summed E-state index contributed by atoms with van der Waals surface area (Å²) in [7, 11) is 4.73. The lowest BCUT2D eigenvalue weighted by Crippen LogP contribution is -2.37. The molecular weight excluding hydrogens is 396 g/mol. The molecule has 3 rings (SSSR count). The Balaban J connectivity index is 2.15. The Morgan fingerprint density at radius 1 is 0.871 bits per heavy atom. The van der Waals surface area contributed by atoms with Crippen LogP contribution in [0, 0.1) is 6.92 Å². The third-order valence-electron chi connectivity index (χ3n) is 5.14. The van der Waals surface area contributed by atoms with E-state index in [0.717, 1.165) is 5.56 Å². The molecule has 0 unspecified atom stereocenters. The van der Waals surface area contributed by atoms with Crippen LogP contribution in [0.25, 0.3) is 5.57 Å². The molecule has 2 aromatic rings. The molecule has 1 aliphatic heterocycles. The van der Waals surface area contributed by atoms with Gasteiger partial charge < -0.3 is 19.1 Å². The average molecular weight is 424 g/mol. The molecule has 2 aromatic carbocycles. The normalized spacial score (nSPS) is 13.9. The quantitative estimate of drug-likeness (QED) is 0.547. The summed E-state index contributed by atoms with van der Waals surface area (Å²) in [6.07, 6.45) is 0. The second-order valence-corrected chi connectivity index (χ2v) is 7.18. The van der Waals surface area contributed by atoms with Crippen LogP contribution in [-0.4, -0.2) is 64.3 Å². The number of hydrogen-bond donors (Lipinski definition) is 0. The van der Waals surface area contributed by atoms with Crippen LogP contribution in [0.3, 0.4) is 0 Å². The zero-order chi connectivity index (χ0) is 22.4. The Bertz CT molecular complexity index is 963. The van der Waals surface area contributed by atoms with Crippen LogP contribution in [-0.2, 0) is 19.1 Å². The van der Waals surface area contributed by atoms with Crippen molar-refractivity contribution < 1.29 is 23.8 Å². The van der Waals surface area contributed by atoms with E-state index in [2.05, 4.69) is 0 Å². The average Bonchev–Trinajstić information content (AvgIpc) is 3.04. The smallest absolute Gasteiger partial charge is 0.282 e. The second-order valence-electron chi connectivity index (χ2n) is 7.18. The highest BCUT2D eigenvalue weighted by Crippen LogP contribution is 2.39. The maximum atomic E-state index is 13.7. The van der Waals surface area contributed by atoms with Gasteiger partial charge in [-0.05, 0) is 30.2 Å². The zero-order valence-corrected chi connectivity index (χ0v) is 18.4. The molecule has 0 atom stereocenters. The topological polar surface area (TPSA) is 68.3 Å². The Morgan fingerprint density at radius 3 is 2.10 bits per heavy atom. The van der Waals surface area contributed by atoms with Gasteiger partial charge in [-0.3, -0.25) is 9.59 Å². The molecule has 0 saturated heterocycles. The first-order chi connectivity index (χ1) is 15.0. The first kappa shape index (κ1) is 22.5. The lowest BCUT2D eigenvalue weighted by molar-refractivity contribution is -0.120. The summed E-state index contributed by atoms with van der Waals surface area (Å²) < 4.78 is 15.9. The minimum absolute atomic E-state index is 0.342. The number of aryl methyl sites for hydroxylation is 1. The first-order valence-corrected chi connectivity index (χ1v) is 10.1. The SMILES string of the molecule is COCCN(CCOC)C1=C(c2ccccc2)C(=O)N(c2cc(C)ccc2OC)C1=O. The minimum atomic E-state index is -0.389. The van der Waals surface area contributed by atoms with Gasteiger partial charge in [-0.1, -0.05) is 36.4 Å². The van der Waals surface area contributed by atoms with Crippen molar-refractivity contribution in [2.45, 2.75) is 6.92 Å². The maximum absolute atomic E-state index is 13.7. The molecule has 0 saturated carbocycles. The van der Waals surface area contributed by atoms with E-state index in [-0.39, 0.29) is 11.8 Å². The Morgan fingerprint density at radius 2 is 1.52 bits per heavy atom. The number of ether oxygens (including phenoxy) is 3. The molecule has 0 bridgehead atoms. The Labute approximate surface area is 182 Å². The number of benzene rings is 2. The van der Waals surface area contributed by atoms with Crippen molar-refractivity contribution in [2.24, 2.45) is 0 Å². The summed E-state index contributed by atoms with van der Waals surface area (Å²) in [6, 6.07) is 14.7. The van der Waals surface area contributed by atoms with Gasteiger partial charge >= 0.3 is 0 Å². The molecule has 1 heterocycles. The molecule has 2 amide bonds. The molecule has 0 aliphatic carbocycles. The van der Waals surface area contributed by atoms with E-state index in [1.807, 2.05) is 48.2 Å². The fourth-order valence-electron chi connectivity index (χ4n) is 3.61. The van der Waals surface area contributed by atoms with E-state index in [0.29, 0.717) is 54.6 Å². The highest BCUT2D eigenvalue weighted by atomic mass is 16.5. The van der Waals surface area contributed by atoms with Crippen molar-refractivity contribution in [1.29, 1.82) is 0 Å². The molecule has 0 fully saturated rings. The van der Waals surface area contributed by atoms with Gasteiger partial charge in [0.1, 0.15) is 11.4 Å². The molecule has 7 nitrogen and oxygen atoms in total. The standard InChI is InChI=1S/C24H28N2O5/c1-17-10-11-20(31-4)19(16-17)26-23(27)21(18-8-6-5-7-9-18)22(24(26)28)25(12-14-29-2)13-15-30-3/h5-11,16H,12-15H2,1-4H3. The fourth-order valence-corrected chi connectivity index (χ4v) is 3.61. The van der Waals surface area contributed by atoms with Gasteiger partial charge in [-0.25, -0.2) is 4.90 Å². The Hall–Kier alpha value is -3.16. The van der Waals surface area contributed by atoms with Gasteiger partial charge in [-0.2, -0.15) is 0 Å². The van der Waals surface area contributed by atoms with E-state index in [1.165, 1.54) is 12.0 Å². The van der Waals surface area contributed by atoms with Crippen molar-refractivity contribution in [3.05, 3.63) is 65.4 Å². The molecule has 0 radical (unpaired) electrons. The van der Waals surface area contributed by atoms with Gasteiger partial charge in [0.2, 0.25) is 0 Å². The van der Waals surface area contributed by atoms with Crippen molar-refractivity contribution in [3.8, 4) is 5.75 Å². The molecular formula is C24H28N2O5. The van der Waals surface area contributed by atoms with Gasteiger partial charge in [-0.15, -0.1) is 0 Å². The van der Waals surface area contributed by atoms with E-state index in [1.54, 1.807) is 26.4 Å². The summed E-state index contributed by atoms with van der Waals surface area (Å²) >= 11 is 0. The van der Waals surface area contributed by atoms with Crippen molar-refractivity contribution >= 4 is 23.1 Å². The largest absolute Gasteiger partial charge is 0.495 e. The van der Waals surface area contributed by atoms with E-state index in [9.17, 15) is 9.59 Å². The molecule has 0 spiro atoms. The molecule has 7 heteroatoms. The number of methoxy groups -OCH3 is 3. The zero-order valence-electron chi connectivity index (χ0n) is 18.4. The maximum Gasteiger partial charge on any atom is 0.282 e. The second kappa shape index (κ2) is 10.2.